The molecule has 0 amide bonds. The number of rotatable bonds is 4. The fourth-order valence-corrected chi connectivity index (χ4v) is 1.77. The van der Waals surface area contributed by atoms with Crippen LogP contribution < -0.4 is 0 Å². The highest BCUT2D eigenvalue weighted by atomic mass is 32.2. The van der Waals surface area contributed by atoms with Gasteiger partial charge in [0.1, 0.15) is 5.56 Å². The van der Waals surface area contributed by atoms with E-state index in [1.807, 2.05) is 0 Å². The minimum Gasteiger partial charge on any atom is -0.465 e. The Labute approximate surface area is 104 Å². The highest BCUT2D eigenvalue weighted by Crippen LogP contribution is 2.30. The molecule has 0 atom stereocenters. The first-order valence-electron chi connectivity index (χ1n) is 4.77. The zero-order chi connectivity index (χ0) is 13.9. The first kappa shape index (κ1) is 14.6. The van der Waals surface area contributed by atoms with Crippen LogP contribution in [0.25, 0.3) is 0 Å². The minimum atomic E-state index is -5.10. The maximum absolute atomic E-state index is 12.3. The molecule has 1 aromatic heterocycles. The van der Waals surface area contributed by atoms with Crippen LogP contribution in [0.2, 0.25) is 0 Å². The van der Waals surface area contributed by atoms with Crippen LogP contribution in [-0.4, -0.2) is 30.8 Å². The van der Waals surface area contributed by atoms with E-state index in [1.54, 1.807) is 6.92 Å². The van der Waals surface area contributed by atoms with Crippen molar-refractivity contribution in [3.05, 3.63) is 17.4 Å². The van der Waals surface area contributed by atoms with Gasteiger partial charge in [-0.1, -0.05) is 18.7 Å². The number of Topliss-reactive ketones (excluding diaryl/α,β-unsaturated/α-hetero) is 1. The van der Waals surface area contributed by atoms with Crippen LogP contribution in [-0.2, 0) is 4.74 Å². The molecule has 0 aliphatic carbocycles. The third-order valence-electron chi connectivity index (χ3n) is 1.87. The molecular weight excluding hydrogens is 273 g/mol. The predicted molar refractivity (Wildman–Crippen MR) is 56.8 cm³/mol. The summed E-state index contributed by atoms with van der Waals surface area (Å²) in [5.41, 5.74) is -0.518. The lowest BCUT2D eigenvalue weighted by Crippen LogP contribution is -2.24. The van der Waals surface area contributed by atoms with E-state index in [2.05, 4.69) is 4.74 Å². The normalized spacial score (nSPS) is 11.4. The second-order valence-electron chi connectivity index (χ2n) is 3.06. The molecule has 0 saturated carbocycles. The number of carbonyl (C=O) groups excluding carboxylic acids is 2. The Morgan fingerprint density at radius 2 is 2.06 bits per heavy atom. The largest absolute Gasteiger partial charge is 0.465 e. The van der Waals surface area contributed by atoms with Crippen molar-refractivity contribution in [2.45, 2.75) is 18.2 Å². The minimum absolute atomic E-state index is 0.0606. The van der Waals surface area contributed by atoms with Gasteiger partial charge in [0.25, 0.3) is 0 Å². The van der Waals surface area contributed by atoms with E-state index in [1.165, 1.54) is 0 Å². The van der Waals surface area contributed by atoms with Crippen LogP contribution in [0.5, 0.6) is 0 Å². The number of halogens is 3. The van der Waals surface area contributed by atoms with Gasteiger partial charge in [0.15, 0.2) is 10.9 Å². The van der Waals surface area contributed by atoms with Crippen molar-refractivity contribution in [1.82, 2.24) is 0 Å². The highest BCUT2D eigenvalue weighted by molar-refractivity contribution is 7.99. The molecule has 18 heavy (non-hydrogen) atoms. The summed E-state index contributed by atoms with van der Waals surface area (Å²) in [4.78, 5) is 22.4. The van der Waals surface area contributed by atoms with Gasteiger partial charge in [-0.15, -0.1) is 0 Å². The number of carbonyl (C=O) groups is 2. The van der Waals surface area contributed by atoms with Crippen LogP contribution in [0.3, 0.4) is 0 Å². The maximum atomic E-state index is 12.3. The molecule has 1 heterocycles. The third kappa shape index (κ3) is 3.06. The molecule has 1 aromatic rings. The van der Waals surface area contributed by atoms with E-state index in [0.29, 0.717) is 5.75 Å². The summed E-state index contributed by atoms with van der Waals surface area (Å²) in [5, 5.41) is 0.0606. The van der Waals surface area contributed by atoms with Crippen LogP contribution in [0.15, 0.2) is 15.6 Å². The van der Waals surface area contributed by atoms with Gasteiger partial charge in [-0.3, -0.25) is 4.79 Å². The Hall–Kier alpha value is -1.44. The molecule has 1 rings (SSSR count). The molecule has 100 valence electrons. The number of ether oxygens (including phenoxy) is 1. The van der Waals surface area contributed by atoms with Gasteiger partial charge in [-0.05, 0) is 5.75 Å². The molecule has 0 unspecified atom stereocenters. The summed E-state index contributed by atoms with van der Waals surface area (Å²) in [6, 6.07) is 1.07. The van der Waals surface area contributed by atoms with Gasteiger partial charge in [-0.2, -0.15) is 13.2 Å². The van der Waals surface area contributed by atoms with Crippen molar-refractivity contribution in [2.75, 3.05) is 12.9 Å². The SMILES string of the molecule is CCSc1cc(C(=O)OC)c(C(=O)C(F)(F)F)o1. The zero-order valence-corrected chi connectivity index (χ0v) is 10.3. The van der Waals surface area contributed by atoms with Crippen LogP contribution in [0, 0.1) is 0 Å². The Bertz CT molecular complexity index is 464. The molecule has 8 heteroatoms. The number of alkyl halides is 3. The molecule has 0 spiro atoms. The van der Waals surface area contributed by atoms with Gasteiger partial charge < -0.3 is 9.15 Å². The number of methoxy groups -OCH3 is 1. The summed E-state index contributed by atoms with van der Waals surface area (Å²) in [5.74, 6) is -3.77. The lowest BCUT2D eigenvalue weighted by Gasteiger charge is -2.03. The summed E-state index contributed by atoms with van der Waals surface area (Å²) < 4.78 is 46.0. The number of furan rings is 1. The fourth-order valence-electron chi connectivity index (χ4n) is 1.14. The molecule has 0 saturated heterocycles. The van der Waals surface area contributed by atoms with Crippen LogP contribution in [0.1, 0.15) is 27.8 Å². The van der Waals surface area contributed by atoms with Crippen molar-refractivity contribution in [1.29, 1.82) is 0 Å². The summed E-state index contributed by atoms with van der Waals surface area (Å²) in [6.45, 7) is 1.75. The Morgan fingerprint density at radius 3 is 2.50 bits per heavy atom. The van der Waals surface area contributed by atoms with E-state index in [-0.39, 0.29) is 5.09 Å². The molecule has 0 N–H and O–H groups in total. The molecule has 0 aliphatic rings. The molecule has 0 radical (unpaired) electrons. The smallest absolute Gasteiger partial charge is 0.458 e. The summed E-state index contributed by atoms with van der Waals surface area (Å²) in [7, 11) is 1.00. The Kier molecular flexibility index (Phi) is 4.44. The van der Waals surface area contributed by atoms with Gasteiger partial charge in [0, 0.05) is 6.07 Å². The average Bonchev–Trinajstić information content (AvgIpc) is 2.70. The van der Waals surface area contributed by atoms with Crippen molar-refractivity contribution >= 4 is 23.5 Å². The average molecular weight is 282 g/mol. The van der Waals surface area contributed by atoms with E-state index < -0.39 is 29.3 Å². The molecular formula is C10H9F3O4S. The second-order valence-corrected chi connectivity index (χ2v) is 4.33. The van der Waals surface area contributed by atoms with Gasteiger partial charge in [0.2, 0.25) is 0 Å². The number of thioether (sulfide) groups is 1. The molecule has 0 fully saturated rings. The summed E-state index contributed by atoms with van der Waals surface area (Å²) >= 11 is 1.07. The monoisotopic (exact) mass is 282 g/mol. The topological polar surface area (TPSA) is 56.5 Å². The van der Waals surface area contributed by atoms with Crippen molar-refractivity contribution in [3.8, 4) is 0 Å². The number of hydrogen-bond acceptors (Lipinski definition) is 5. The molecule has 0 aromatic carbocycles. The highest BCUT2D eigenvalue weighted by Gasteiger charge is 2.44. The van der Waals surface area contributed by atoms with Gasteiger partial charge >= 0.3 is 17.9 Å². The first-order valence-corrected chi connectivity index (χ1v) is 5.76. The number of ketones is 1. The Balaban J connectivity index is 3.23. The van der Waals surface area contributed by atoms with Crippen LogP contribution >= 0.6 is 11.8 Å². The third-order valence-corrected chi connectivity index (χ3v) is 2.64. The van der Waals surface area contributed by atoms with E-state index >= 15 is 0 Å². The second kappa shape index (κ2) is 5.47. The maximum Gasteiger partial charge on any atom is 0.458 e. The van der Waals surface area contributed by atoms with Gasteiger partial charge in [-0.25, -0.2) is 4.79 Å². The lowest BCUT2D eigenvalue weighted by molar-refractivity contribution is -0.0901. The van der Waals surface area contributed by atoms with Crippen LogP contribution in [0.4, 0.5) is 13.2 Å². The number of esters is 1. The standard InChI is InChI=1S/C10H9F3O4S/c1-3-18-6-4-5(9(15)16-2)7(17-6)8(14)10(11,12)13/h4H,3H2,1-2H3. The predicted octanol–water partition coefficient (Wildman–Crippen LogP) is 2.92. The summed E-state index contributed by atoms with van der Waals surface area (Å²) in [6.07, 6.45) is -5.10. The van der Waals surface area contributed by atoms with E-state index in [9.17, 15) is 22.8 Å². The fraction of sp³-hybridized carbons (Fsp3) is 0.400. The molecule has 0 aliphatic heterocycles. The van der Waals surface area contributed by atoms with E-state index in [0.717, 1.165) is 24.9 Å². The molecule has 0 bridgehead atoms. The van der Waals surface area contributed by atoms with Crippen molar-refractivity contribution < 1.29 is 31.9 Å². The van der Waals surface area contributed by atoms with Gasteiger partial charge in [0.05, 0.1) is 7.11 Å². The van der Waals surface area contributed by atoms with Crippen molar-refractivity contribution in [3.63, 3.8) is 0 Å². The quantitative estimate of drug-likeness (QED) is 0.483. The molecule has 4 nitrogen and oxygen atoms in total. The first-order chi connectivity index (χ1) is 8.31. The van der Waals surface area contributed by atoms with E-state index in [4.69, 9.17) is 4.42 Å². The number of hydrogen-bond donors (Lipinski definition) is 0. The Morgan fingerprint density at radius 1 is 1.44 bits per heavy atom. The zero-order valence-electron chi connectivity index (χ0n) is 9.46. The van der Waals surface area contributed by atoms with Crippen molar-refractivity contribution in [2.24, 2.45) is 0 Å². The lowest BCUT2D eigenvalue weighted by atomic mass is 10.2.